The van der Waals surface area contributed by atoms with Crippen molar-refractivity contribution >= 4 is 26.9 Å². The smallest absolute Gasteiger partial charge is 0.293 e. The van der Waals surface area contributed by atoms with Gasteiger partial charge in [0.15, 0.2) is 9.84 Å². The molecule has 1 heterocycles. The van der Waals surface area contributed by atoms with Gasteiger partial charge in [0.25, 0.3) is 5.69 Å². The van der Waals surface area contributed by atoms with Crippen LogP contribution in [-0.2, 0) is 9.84 Å². The summed E-state index contributed by atoms with van der Waals surface area (Å²) < 4.78 is 36.5. The van der Waals surface area contributed by atoms with Crippen LogP contribution in [-0.4, -0.2) is 45.8 Å². The Morgan fingerprint density at radius 1 is 1.00 bits per heavy atom. The molecule has 9 heteroatoms. The fourth-order valence-electron chi connectivity index (χ4n) is 3.22. The van der Waals surface area contributed by atoms with Gasteiger partial charge in [-0.3, -0.25) is 10.1 Å². The number of benzene rings is 2. The molecule has 0 atom stereocenters. The first-order chi connectivity index (χ1) is 12.8. The molecule has 1 saturated heterocycles. The summed E-state index contributed by atoms with van der Waals surface area (Å²) in [6.45, 7) is 2.52. The molecule has 1 fully saturated rings. The number of sulfone groups is 1. The van der Waals surface area contributed by atoms with Crippen LogP contribution >= 0.6 is 0 Å². The first-order valence-corrected chi connectivity index (χ1v) is 10.4. The number of anilines is 2. The highest BCUT2D eigenvalue weighted by Crippen LogP contribution is 2.32. The molecule has 144 valence electrons. The maximum Gasteiger partial charge on any atom is 0.293 e. The maximum absolute atomic E-state index is 13.1. The SMILES string of the molecule is CS(=O)(=O)c1ccc(N2CCCN(c3ccc(F)cc3)CC2)c([N+](=O)[O-])c1. The van der Waals surface area contributed by atoms with E-state index in [1.54, 1.807) is 12.1 Å². The molecule has 1 aliphatic rings. The van der Waals surface area contributed by atoms with Crippen LogP contribution in [0.4, 0.5) is 21.5 Å². The van der Waals surface area contributed by atoms with Crippen LogP contribution in [0.2, 0.25) is 0 Å². The summed E-state index contributed by atoms with van der Waals surface area (Å²) in [5.74, 6) is -0.295. The van der Waals surface area contributed by atoms with Crippen molar-refractivity contribution in [3.05, 3.63) is 58.4 Å². The minimum absolute atomic E-state index is 0.0688. The molecule has 1 aliphatic heterocycles. The van der Waals surface area contributed by atoms with E-state index >= 15 is 0 Å². The third-order valence-corrected chi connectivity index (χ3v) is 5.71. The van der Waals surface area contributed by atoms with Crippen LogP contribution in [0, 0.1) is 15.9 Å². The van der Waals surface area contributed by atoms with Crippen LogP contribution in [0.15, 0.2) is 47.4 Å². The Hall–Kier alpha value is -2.68. The highest BCUT2D eigenvalue weighted by Gasteiger charge is 2.24. The second-order valence-corrected chi connectivity index (χ2v) is 8.50. The van der Waals surface area contributed by atoms with Gasteiger partial charge < -0.3 is 9.80 Å². The molecule has 0 N–H and O–H groups in total. The van der Waals surface area contributed by atoms with E-state index in [1.807, 2.05) is 4.90 Å². The Morgan fingerprint density at radius 2 is 1.63 bits per heavy atom. The normalized spacial score (nSPS) is 15.5. The lowest BCUT2D eigenvalue weighted by Crippen LogP contribution is -2.31. The number of hydrogen-bond acceptors (Lipinski definition) is 6. The van der Waals surface area contributed by atoms with E-state index in [2.05, 4.69) is 4.90 Å². The number of nitro benzene ring substituents is 1. The molecular formula is C18H20FN3O4S. The zero-order chi connectivity index (χ0) is 19.6. The Balaban J connectivity index is 1.84. The molecular weight excluding hydrogens is 373 g/mol. The Labute approximate surface area is 157 Å². The average molecular weight is 393 g/mol. The third kappa shape index (κ3) is 4.36. The lowest BCUT2D eigenvalue weighted by Gasteiger charge is -2.24. The molecule has 0 unspecified atom stereocenters. The highest BCUT2D eigenvalue weighted by atomic mass is 32.2. The molecule has 0 aromatic heterocycles. The Bertz CT molecular complexity index is 948. The van der Waals surface area contributed by atoms with E-state index in [4.69, 9.17) is 0 Å². The minimum Gasteiger partial charge on any atom is -0.370 e. The van der Waals surface area contributed by atoms with E-state index in [-0.39, 0.29) is 16.4 Å². The standard InChI is InChI=1S/C18H20FN3O4S/c1-27(25,26)16-7-8-17(18(13-16)22(23)24)21-10-2-9-20(11-12-21)15-5-3-14(19)4-6-15/h3-8,13H,2,9-12H2,1H3. The van der Waals surface area contributed by atoms with Crippen molar-refractivity contribution in [2.45, 2.75) is 11.3 Å². The molecule has 27 heavy (non-hydrogen) atoms. The van der Waals surface area contributed by atoms with E-state index in [0.29, 0.717) is 25.3 Å². The summed E-state index contributed by atoms with van der Waals surface area (Å²) in [7, 11) is -3.52. The van der Waals surface area contributed by atoms with Gasteiger partial charge in [0.05, 0.1) is 9.82 Å². The zero-order valence-corrected chi connectivity index (χ0v) is 15.7. The van der Waals surface area contributed by atoms with Crippen LogP contribution in [0.5, 0.6) is 0 Å². The van der Waals surface area contributed by atoms with Gasteiger partial charge in [-0.1, -0.05) is 0 Å². The summed E-state index contributed by atoms with van der Waals surface area (Å²) in [4.78, 5) is 14.9. The van der Waals surface area contributed by atoms with Crippen molar-refractivity contribution in [3.8, 4) is 0 Å². The second-order valence-electron chi connectivity index (χ2n) is 6.48. The van der Waals surface area contributed by atoms with Gasteiger partial charge in [-0.2, -0.15) is 0 Å². The van der Waals surface area contributed by atoms with Gasteiger partial charge in [0.2, 0.25) is 0 Å². The van der Waals surface area contributed by atoms with Crippen molar-refractivity contribution in [2.75, 3.05) is 42.2 Å². The van der Waals surface area contributed by atoms with Crippen LogP contribution in [0.1, 0.15) is 6.42 Å². The molecule has 0 amide bonds. The predicted octanol–water partition coefficient (Wildman–Crippen LogP) is 2.85. The fraction of sp³-hybridized carbons (Fsp3) is 0.333. The molecule has 0 bridgehead atoms. The van der Waals surface area contributed by atoms with Gasteiger partial charge in [0, 0.05) is 44.2 Å². The number of nitro groups is 1. The molecule has 0 radical (unpaired) electrons. The van der Waals surface area contributed by atoms with Gasteiger partial charge in [-0.05, 0) is 42.8 Å². The lowest BCUT2D eigenvalue weighted by molar-refractivity contribution is -0.384. The molecule has 0 aliphatic carbocycles. The molecule has 2 aromatic carbocycles. The van der Waals surface area contributed by atoms with Crippen molar-refractivity contribution in [3.63, 3.8) is 0 Å². The average Bonchev–Trinajstić information content (AvgIpc) is 2.87. The highest BCUT2D eigenvalue weighted by molar-refractivity contribution is 7.90. The van der Waals surface area contributed by atoms with Crippen molar-refractivity contribution in [2.24, 2.45) is 0 Å². The van der Waals surface area contributed by atoms with E-state index < -0.39 is 14.8 Å². The quantitative estimate of drug-likeness (QED) is 0.587. The molecule has 2 aromatic rings. The number of nitrogens with zero attached hydrogens (tertiary/aromatic N) is 3. The Kier molecular flexibility index (Phi) is 5.31. The van der Waals surface area contributed by atoms with Crippen LogP contribution < -0.4 is 9.80 Å². The number of halogens is 1. The van der Waals surface area contributed by atoms with Gasteiger partial charge >= 0.3 is 0 Å². The second kappa shape index (κ2) is 7.51. The third-order valence-electron chi connectivity index (χ3n) is 4.60. The van der Waals surface area contributed by atoms with Crippen molar-refractivity contribution in [1.29, 1.82) is 0 Å². The van der Waals surface area contributed by atoms with E-state index in [1.165, 1.54) is 24.3 Å². The summed E-state index contributed by atoms with van der Waals surface area (Å²) in [6.07, 6.45) is 1.79. The topological polar surface area (TPSA) is 83.8 Å². The van der Waals surface area contributed by atoms with Gasteiger partial charge in [-0.25, -0.2) is 12.8 Å². The Morgan fingerprint density at radius 3 is 2.26 bits per heavy atom. The van der Waals surface area contributed by atoms with E-state index in [0.717, 1.165) is 31.0 Å². The lowest BCUT2D eigenvalue weighted by atomic mass is 10.2. The van der Waals surface area contributed by atoms with Gasteiger partial charge in [-0.15, -0.1) is 0 Å². The summed E-state index contributed by atoms with van der Waals surface area (Å²) in [6, 6.07) is 10.3. The maximum atomic E-state index is 13.1. The first-order valence-electron chi connectivity index (χ1n) is 8.49. The molecule has 7 nitrogen and oxygen atoms in total. The van der Waals surface area contributed by atoms with Crippen LogP contribution in [0.3, 0.4) is 0 Å². The minimum atomic E-state index is -3.52. The zero-order valence-electron chi connectivity index (χ0n) is 14.8. The van der Waals surface area contributed by atoms with Gasteiger partial charge in [0.1, 0.15) is 11.5 Å². The number of rotatable bonds is 4. The number of hydrogen-bond donors (Lipinski definition) is 0. The first kappa shape index (κ1) is 19.1. The van der Waals surface area contributed by atoms with E-state index in [9.17, 15) is 22.9 Å². The van der Waals surface area contributed by atoms with Crippen molar-refractivity contribution in [1.82, 2.24) is 0 Å². The molecule has 3 rings (SSSR count). The summed E-state index contributed by atoms with van der Waals surface area (Å²) >= 11 is 0. The molecule has 0 saturated carbocycles. The largest absolute Gasteiger partial charge is 0.370 e. The summed E-state index contributed by atoms with van der Waals surface area (Å²) in [5.41, 5.74) is 1.10. The predicted molar refractivity (Wildman–Crippen MR) is 102 cm³/mol. The summed E-state index contributed by atoms with van der Waals surface area (Å²) in [5, 5.41) is 11.5. The van der Waals surface area contributed by atoms with Crippen molar-refractivity contribution < 1.29 is 17.7 Å². The monoisotopic (exact) mass is 393 g/mol. The molecule has 0 spiro atoms. The fourth-order valence-corrected chi connectivity index (χ4v) is 3.86. The van der Waals surface area contributed by atoms with Crippen LogP contribution in [0.25, 0.3) is 0 Å².